The van der Waals surface area contributed by atoms with Crippen molar-refractivity contribution in [3.05, 3.63) is 52.4 Å². The van der Waals surface area contributed by atoms with E-state index in [1.165, 1.54) is 43.1 Å². The van der Waals surface area contributed by atoms with Gasteiger partial charge >= 0.3 is 0 Å². The second-order valence-electron chi connectivity index (χ2n) is 7.29. The first-order chi connectivity index (χ1) is 14.5. The van der Waals surface area contributed by atoms with Gasteiger partial charge in [0.05, 0.1) is 5.69 Å². The predicted octanol–water partition coefficient (Wildman–Crippen LogP) is 3.44. The molecule has 0 saturated carbocycles. The number of amides is 1. The summed E-state index contributed by atoms with van der Waals surface area (Å²) in [6.45, 7) is 3.02. The van der Waals surface area contributed by atoms with E-state index < -0.39 is 10.0 Å². The summed E-state index contributed by atoms with van der Waals surface area (Å²) in [4.78, 5) is 19.0. The van der Waals surface area contributed by atoms with Crippen molar-refractivity contribution in [3.63, 3.8) is 0 Å². The molecule has 1 aromatic carbocycles. The molecule has 0 aliphatic carbocycles. The molecule has 0 bridgehead atoms. The fourth-order valence-electron chi connectivity index (χ4n) is 3.23. The molecular weight excluding hydrogens is 420 g/mol. The lowest BCUT2D eigenvalue weighted by Gasteiger charge is -2.17. The van der Waals surface area contributed by atoms with Crippen molar-refractivity contribution in [1.29, 1.82) is 0 Å². The van der Waals surface area contributed by atoms with Crippen LogP contribution in [0.3, 0.4) is 0 Å². The lowest BCUT2D eigenvalue weighted by molar-refractivity contribution is -0.116. The quantitative estimate of drug-likeness (QED) is 0.613. The number of aromatic nitrogens is 1. The second kappa shape index (κ2) is 11.4. The highest BCUT2D eigenvalue weighted by Crippen LogP contribution is 2.19. The van der Waals surface area contributed by atoms with Gasteiger partial charge in [-0.1, -0.05) is 43.2 Å². The molecule has 1 aliphatic rings. The molecule has 1 aromatic heterocycles. The van der Waals surface area contributed by atoms with Gasteiger partial charge in [-0.25, -0.2) is 18.1 Å². The van der Waals surface area contributed by atoms with Crippen LogP contribution >= 0.6 is 11.3 Å². The minimum absolute atomic E-state index is 0.0271. The van der Waals surface area contributed by atoms with Crippen LogP contribution in [0.25, 0.3) is 6.08 Å². The van der Waals surface area contributed by atoms with Crippen LogP contribution in [-0.2, 0) is 21.4 Å². The third kappa shape index (κ3) is 7.98. The van der Waals surface area contributed by atoms with E-state index in [1.807, 2.05) is 35.7 Å². The van der Waals surface area contributed by atoms with Gasteiger partial charge < -0.3 is 5.32 Å². The third-order valence-corrected chi connectivity index (χ3v) is 6.68. The molecule has 30 heavy (non-hydrogen) atoms. The molecule has 3 rings (SSSR count). The Kier molecular flexibility index (Phi) is 8.56. The van der Waals surface area contributed by atoms with Gasteiger partial charge in [0.25, 0.3) is 0 Å². The maximum atomic E-state index is 12.1. The number of sulfonamides is 1. The van der Waals surface area contributed by atoms with Crippen molar-refractivity contribution >= 4 is 38.5 Å². The molecule has 162 valence electrons. The summed E-state index contributed by atoms with van der Waals surface area (Å²) in [5.41, 5.74) is 1.75. The first-order valence-electron chi connectivity index (χ1n) is 10.2. The highest BCUT2D eigenvalue weighted by atomic mass is 32.2. The Labute approximate surface area is 182 Å². The number of anilines is 1. The molecule has 0 spiro atoms. The number of carbonyl (C=O) groups excluding carboxylic acids is 1. The molecule has 0 unspecified atom stereocenters. The summed E-state index contributed by atoms with van der Waals surface area (Å²) in [7, 11) is -3.59. The Morgan fingerprint density at radius 1 is 1.13 bits per heavy atom. The van der Waals surface area contributed by atoms with Crippen LogP contribution in [0.2, 0.25) is 0 Å². The van der Waals surface area contributed by atoms with Gasteiger partial charge in [-0.05, 0) is 37.6 Å². The zero-order valence-corrected chi connectivity index (χ0v) is 18.6. The smallest absolute Gasteiger partial charge is 0.233 e. The maximum absolute atomic E-state index is 12.1. The van der Waals surface area contributed by atoms with Crippen molar-refractivity contribution in [2.45, 2.75) is 38.6 Å². The summed E-state index contributed by atoms with van der Waals surface area (Å²) in [5, 5.41) is 6.38. The molecule has 1 aliphatic heterocycles. The van der Waals surface area contributed by atoms with E-state index >= 15 is 0 Å². The van der Waals surface area contributed by atoms with Crippen molar-refractivity contribution in [2.75, 3.05) is 25.0 Å². The van der Waals surface area contributed by atoms with Gasteiger partial charge in [0.15, 0.2) is 5.13 Å². The summed E-state index contributed by atoms with van der Waals surface area (Å²) in [5.74, 6) is -0.264. The monoisotopic (exact) mass is 448 g/mol. The number of rotatable bonds is 9. The summed E-state index contributed by atoms with van der Waals surface area (Å²) in [6, 6.07) is 9.16. The highest BCUT2D eigenvalue weighted by molar-refractivity contribution is 7.92. The number of nitrogens with one attached hydrogen (secondary N) is 2. The number of hydrogen-bond acceptors (Lipinski definition) is 6. The summed E-state index contributed by atoms with van der Waals surface area (Å²) >= 11 is 1.40. The Morgan fingerprint density at radius 3 is 2.60 bits per heavy atom. The van der Waals surface area contributed by atoms with E-state index in [4.69, 9.17) is 0 Å². The molecule has 2 N–H and O–H groups in total. The molecule has 1 amide bonds. The average molecular weight is 449 g/mol. The van der Waals surface area contributed by atoms with Crippen LogP contribution in [0.15, 0.2) is 41.1 Å². The fourth-order valence-corrected chi connectivity index (χ4v) is 4.77. The number of likely N-dealkylation sites (tertiary alicyclic amines) is 1. The lowest BCUT2D eigenvalue weighted by atomic mass is 10.2. The first-order valence-corrected chi connectivity index (χ1v) is 12.6. The molecule has 9 heteroatoms. The molecular formula is C21H28N4O3S2. The number of nitrogens with zero attached hydrogens (tertiary/aromatic N) is 2. The van der Waals surface area contributed by atoms with Crippen molar-refractivity contribution in [2.24, 2.45) is 0 Å². The summed E-state index contributed by atoms with van der Waals surface area (Å²) < 4.78 is 26.4. The zero-order valence-electron chi connectivity index (χ0n) is 16.9. The Morgan fingerprint density at radius 2 is 1.87 bits per heavy atom. The Bertz CT molecular complexity index is 934. The van der Waals surface area contributed by atoms with Gasteiger partial charge in [0.2, 0.25) is 15.9 Å². The van der Waals surface area contributed by atoms with Crippen LogP contribution in [0.5, 0.6) is 0 Å². The van der Waals surface area contributed by atoms with Crippen LogP contribution in [0, 0.1) is 0 Å². The molecule has 0 atom stereocenters. The average Bonchev–Trinajstić information content (AvgIpc) is 2.99. The van der Waals surface area contributed by atoms with Crippen LogP contribution in [-0.4, -0.2) is 43.8 Å². The number of carbonyl (C=O) groups is 1. The Balaban J connectivity index is 1.40. The number of benzene rings is 1. The SMILES string of the molecule is O=C(CCNS(=O)(=O)/C=C/c1ccccc1)Nc1nc(CN2CCCCCC2)cs1. The zero-order chi connectivity index (χ0) is 21.2. The molecule has 1 fully saturated rings. The van der Waals surface area contributed by atoms with Gasteiger partial charge in [-0.2, -0.15) is 0 Å². The highest BCUT2D eigenvalue weighted by Gasteiger charge is 2.13. The minimum atomic E-state index is -3.59. The van der Waals surface area contributed by atoms with E-state index in [-0.39, 0.29) is 18.9 Å². The lowest BCUT2D eigenvalue weighted by Crippen LogP contribution is -2.26. The standard InChI is InChI=1S/C21H28N4O3S2/c26-20(10-12-22-30(27,28)15-11-18-8-4-3-5-9-18)24-21-23-19(17-29-21)16-25-13-6-1-2-7-14-25/h3-5,8-9,11,15,17,22H,1-2,6-7,10,12-14,16H2,(H,23,24,26)/b15-11+. The number of hydrogen-bond donors (Lipinski definition) is 2. The van der Waals surface area contributed by atoms with E-state index in [1.54, 1.807) is 0 Å². The van der Waals surface area contributed by atoms with E-state index in [0.717, 1.165) is 36.3 Å². The van der Waals surface area contributed by atoms with Gasteiger partial charge in [0.1, 0.15) is 0 Å². The maximum Gasteiger partial charge on any atom is 0.233 e. The van der Waals surface area contributed by atoms with Crippen molar-refractivity contribution in [1.82, 2.24) is 14.6 Å². The second-order valence-corrected chi connectivity index (χ2v) is 9.79. The molecule has 2 heterocycles. The van der Waals surface area contributed by atoms with E-state index in [2.05, 4.69) is 19.9 Å². The third-order valence-electron chi connectivity index (χ3n) is 4.78. The predicted molar refractivity (Wildman–Crippen MR) is 122 cm³/mol. The molecule has 7 nitrogen and oxygen atoms in total. The van der Waals surface area contributed by atoms with E-state index in [0.29, 0.717) is 5.13 Å². The molecule has 0 radical (unpaired) electrons. The fraction of sp³-hybridized carbons (Fsp3) is 0.429. The first kappa shape index (κ1) is 22.6. The van der Waals surface area contributed by atoms with E-state index in [9.17, 15) is 13.2 Å². The van der Waals surface area contributed by atoms with Crippen LogP contribution in [0.4, 0.5) is 5.13 Å². The normalized spacial score (nSPS) is 15.9. The van der Waals surface area contributed by atoms with Gasteiger partial charge in [-0.3, -0.25) is 9.69 Å². The molecule has 2 aromatic rings. The Hall–Kier alpha value is -2.07. The van der Waals surface area contributed by atoms with Crippen LogP contribution in [0.1, 0.15) is 43.4 Å². The molecule has 1 saturated heterocycles. The number of thiazole rings is 1. The van der Waals surface area contributed by atoms with Crippen molar-refractivity contribution < 1.29 is 13.2 Å². The van der Waals surface area contributed by atoms with Gasteiger partial charge in [0, 0.05) is 30.3 Å². The van der Waals surface area contributed by atoms with Crippen molar-refractivity contribution in [3.8, 4) is 0 Å². The topological polar surface area (TPSA) is 91.4 Å². The van der Waals surface area contributed by atoms with Crippen LogP contribution < -0.4 is 10.0 Å². The van der Waals surface area contributed by atoms with Gasteiger partial charge in [-0.15, -0.1) is 11.3 Å². The summed E-state index contributed by atoms with van der Waals surface area (Å²) in [6.07, 6.45) is 6.60. The largest absolute Gasteiger partial charge is 0.302 e. The minimum Gasteiger partial charge on any atom is -0.302 e.